The van der Waals surface area contributed by atoms with E-state index in [1.54, 1.807) is 0 Å². The van der Waals surface area contributed by atoms with E-state index in [0.717, 1.165) is 32.1 Å². The second-order valence-electron chi connectivity index (χ2n) is 9.95. The molecule has 3 heterocycles. The monoisotopic (exact) mass is 477 g/mol. The van der Waals surface area contributed by atoms with Gasteiger partial charge in [-0.15, -0.1) is 0 Å². The summed E-state index contributed by atoms with van der Waals surface area (Å²) in [6.45, 7) is -0.976. The topological polar surface area (TPSA) is 190 Å². The number of hydrogen-bond donors (Lipinski definition) is 7. The molecule has 1 saturated carbocycles. The summed E-state index contributed by atoms with van der Waals surface area (Å²) < 4.78 is 16.2. The van der Waals surface area contributed by atoms with Crippen molar-refractivity contribution < 1.29 is 54.8 Å². The molecule has 0 aromatic heterocycles. The fourth-order valence-electron chi connectivity index (χ4n) is 5.55. The molecular formula is C21H35NO11. The Kier molecular flexibility index (Phi) is 7.33. The number of hydrogen-bond acceptors (Lipinski definition) is 11. The van der Waals surface area contributed by atoms with E-state index in [4.69, 9.17) is 14.2 Å². The molecule has 4 aliphatic rings. The van der Waals surface area contributed by atoms with Crippen molar-refractivity contribution in [2.45, 2.75) is 93.3 Å². The van der Waals surface area contributed by atoms with E-state index in [-0.39, 0.29) is 17.9 Å². The van der Waals surface area contributed by atoms with Gasteiger partial charge in [-0.2, -0.15) is 0 Å². The molecule has 0 radical (unpaired) electrons. The number of aliphatic hydroxyl groups is 7. The molecule has 12 nitrogen and oxygen atoms in total. The van der Waals surface area contributed by atoms with Crippen LogP contribution >= 0.6 is 0 Å². The molecule has 33 heavy (non-hydrogen) atoms. The molecule has 1 aliphatic carbocycles. The fraction of sp³-hybridized carbons (Fsp3) is 0.952. The minimum atomic E-state index is -2.24. The molecule has 1 amide bonds. The van der Waals surface area contributed by atoms with Crippen LogP contribution in [0.5, 0.6) is 0 Å². The molecule has 0 bridgehead atoms. The first-order valence-corrected chi connectivity index (χ1v) is 11.6. The van der Waals surface area contributed by atoms with Gasteiger partial charge in [0.05, 0.1) is 19.8 Å². The number of carbonyl (C=O) groups is 1. The van der Waals surface area contributed by atoms with Crippen LogP contribution in [0.25, 0.3) is 0 Å². The van der Waals surface area contributed by atoms with E-state index in [9.17, 15) is 40.5 Å². The third kappa shape index (κ3) is 4.79. The van der Waals surface area contributed by atoms with Crippen LogP contribution < -0.4 is 0 Å². The van der Waals surface area contributed by atoms with Crippen molar-refractivity contribution in [3.63, 3.8) is 0 Å². The van der Waals surface area contributed by atoms with Crippen LogP contribution in [0.15, 0.2) is 0 Å². The van der Waals surface area contributed by atoms with Gasteiger partial charge in [0.1, 0.15) is 42.7 Å². The SMILES string of the molecule is O=C1CC2(CCCCC2)CN1CC1(O)OCC(O)C(OC2OC(CO)C(O)C(O)C2O)C1O. The molecule has 4 rings (SSSR count). The summed E-state index contributed by atoms with van der Waals surface area (Å²) in [5.41, 5.74) is -0.128. The van der Waals surface area contributed by atoms with Gasteiger partial charge in [0.15, 0.2) is 6.29 Å². The summed E-state index contributed by atoms with van der Waals surface area (Å²) in [7, 11) is 0. The van der Waals surface area contributed by atoms with Crippen molar-refractivity contribution in [1.29, 1.82) is 0 Å². The lowest BCUT2D eigenvalue weighted by Crippen LogP contribution is -2.67. The first kappa shape index (κ1) is 25.2. The van der Waals surface area contributed by atoms with Crippen LogP contribution in [0.1, 0.15) is 38.5 Å². The van der Waals surface area contributed by atoms with Gasteiger partial charge in [0.2, 0.25) is 11.7 Å². The molecule has 7 N–H and O–H groups in total. The van der Waals surface area contributed by atoms with Crippen molar-refractivity contribution in [1.82, 2.24) is 4.90 Å². The largest absolute Gasteiger partial charge is 0.394 e. The van der Waals surface area contributed by atoms with Gasteiger partial charge in [-0.25, -0.2) is 0 Å². The van der Waals surface area contributed by atoms with E-state index in [0.29, 0.717) is 13.0 Å². The molecule has 190 valence electrons. The molecule has 3 saturated heterocycles. The number of aliphatic hydroxyl groups excluding tert-OH is 6. The highest BCUT2D eigenvalue weighted by atomic mass is 16.7. The zero-order valence-corrected chi connectivity index (χ0v) is 18.4. The van der Waals surface area contributed by atoms with Crippen LogP contribution in [-0.2, 0) is 19.0 Å². The van der Waals surface area contributed by atoms with Crippen molar-refractivity contribution >= 4 is 5.91 Å². The van der Waals surface area contributed by atoms with Crippen molar-refractivity contribution in [2.75, 3.05) is 26.3 Å². The first-order valence-electron chi connectivity index (χ1n) is 11.6. The zero-order chi connectivity index (χ0) is 24.0. The Morgan fingerprint density at radius 1 is 1.03 bits per heavy atom. The molecule has 3 aliphatic heterocycles. The number of carbonyl (C=O) groups excluding carboxylic acids is 1. The van der Waals surface area contributed by atoms with Gasteiger partial charge in [0, 0.05) is 13.0 Å². The number of nitrogens with zero attached hydrogens (tertiary/aromatic N) is 1. The summed E-state index contributed by atoms with van der Waals surface area (Å²) >= 11 is 0. The van der Waals surface area contributed by atoms with Crippen molar-refractivity contribution in [2.24, 2.45) is 5.41 Å². The van der Waals surface area contributed by atoms with Crippen LogP contribution in [0.2, 0.25) is 0 Å². The Morgan fingerprint density at radius 2 is 1.73 bits per heavy atom. The smallest absolute Gasteiger partial charge is 0.223 e. The van der Waals surface area contributed by atoms with Crippen LogP contribution in [0, 0.1) is 5.41 Å². The summed E-state index contributed by atoms with van der Waals surface area (Å²) in [4.78, 5) is 14.2. The third-order valence-corrected chi connectivity index (χ3v) is 7.53. The van der Waals surface area contributed by atoms with Gasteiger partial charge in [0.25, 0.3) is 0 Å². The predicted octanol–water partition coefficient (Wildman–Crippen LogP) is -3.21. The molecule has 9 unspecified atom stereocenters. The summed E-state index contributed by atoms with van der Waals surface area (Å²) in [5.74, 6) is -2.38. The minimum Gasteiger partial charge on any atom is -0.394 e. The summed E-state index contributed by atoms with van der Waals surface area (Å²) in [5, 5.41) is 71.7. The summed E-state index contributed by atoms with van der Waals surface area (Å²) in [6, 6.07) is 0. The average molecular weight is 478 g/mol. The lowest BCUT2D eigenvalue weighted by Gasteiger charge is -2.47. The third-order valence-electron chi connectivity index (χ3n) is 7.53. The van der Waals surface area contributed by atoms with Gasteiger partial charge in [-0.1, -0.05) is 19.3 Å². The highest BCUT2D eigenvalue weighted by molar-refractivity contribution is 5.79. The average Bonchev–Trinajstić information content (AvgIpc) is 3.08. The van der Waals surface area contributed by atoms with Crippen LogP contribution in [0.4, 0.5) is 0 Å². The molecule has 9 atom stereocenters. The number of likely N-dealkylation sites (tertiary alicyclic amines) is 1. The van der Waals surface area contributed by atoms with Crippen molar-refractivity contribution in [3.05, 3.63) is 0 Å². The van der Waals surface area contributed by atoms with Gasteiger partial charge >= 0.3 is 0 Å². The second-order valence-corrected chi connectivity index (χ2v) is 9.95. The maximum Gasteiger partial charge on any atom is 0.223 e. The quantitative estimate of drug-likeness (QED) is 0.211. The lowest BCUT2D eigenvalue weighted by molar-refractivity contribution is -0.369. The van der Waals surface area contributed by atoms with Crippen LogP contribution in [0.3, 0.4) is 0 Å². The maximum atomic E-state index is 12.7. The number of β-amino-alcohol motifs (C(OH)–C–C–N with tert-alkyl or cyclic N) is 1. The fourth-order valence-corrected chi connectivity index (χ4v) is 5.55. The minimum absolute atomic E-state index is 0.128. The Morgan fingerprint density at radius 3 is 2.39 bits per heavy atom. The van der Waals surface area contributed by atoms with Gasteiger partial charge in [-0.3, -0.25) is 4.79 Å². The molecule has 4 fully saturated rings. The van der Waals surface area contributed by atoms with Gasteiger partial charge in [-0.05, 0) is 18.3 Å². The van der Waals surface area contributed by atoms with E-state index in [2.05, 4.69) is 0 Å². The molecule has 1 spiro atoms. The van der Waals surface area contributed by atoms with E-state index in [1.165, 1.54) is 4.90 Å². The van der Waals surface area contributed by atoms with E-state index in [1.807, 2.05) is 0 Å². The number of ether oxygens (including phenoxy) is 3. The zero-order valence-electron chi connectivity index (χ0n) is 18.4. The molecule has 0 aromatic rings. The van der Waals surface area contributed by atoms with E-state index >= 15 is 0 Å². The highest BCUT2D eigenvalue weighted by Gasteiger charge is 2.55. The molecule has 12 heteroatoms. The summed E-state index contributed by atoms with van der Waals surface area (Å²) in [6.07, 6.45) is -7.20. The number of rotatable bonds is 5. The molecule has 0 aromatic carbocycles. The maximum absolute atomic E-state index is 12.7. The van der Waals surface area contributed by atoms with Gasteiger partial charge < -0.3 is 54.9 Å². The van der Waals surface area contributed by atoms with Crippen molar-refractivity contribution in [3.8, 4) is 0 Å². The standard InChI is InChI=1S/C21H35NO11/c23-7-12-14(26)15(27)16(28)19(32-12)33-17-11(24)8-31-21(30,18(17)29)10-22-9-20(6-13(22)25)4-2-1-3-5-20/h11-12,14-19,23-24,26-30H,1-10H2. The highest BCUT2D eigenvalue weighted by Crippen LogP contribution is 2.45. The lowest BCUT2D eigenvalue weighted by atomic mass is 9.73. The first-order chi connectivity index (χ1) is 15.6. The Bertz CT molecular complexity index is 702. The normalized spacial score (nSPS) is 46.2. The van der Waals surface area contributed by atoms with E-state index < -0.39 is 68.0 Å². The Balaban J connectivity index is 1.45. The Labute approximate surface area is 191 Å². The number of amides is 1. The predicted molar refractivity (Wildman–Crippen MR) is 108 cm³/mol. The Hall–Kier alpha value is -0.930. The van der Waals surface area contributed by atoms with Crippen LogP contribution in [-0.4, -0.2) is 128 Å². The second kappa shape index (κ2) is 9.61. The molecular weight excluding hydrogens is 442 g/mol.